The minimum atomic E-state index is -0.714. The van der Waals surface area contributed by atoms with Gasteiger partial charge in [-0.15, -0.1) is 0 Å². The maximum Gasteiger partial charge on any atom is 0.156 e. The summed E-state index contributed by atoms with van der Waals surface area (Å²) >= 11 is 1.41. The van der Waals surface area contributed by atoms with Gasteiger partial charge in [0.15, 0.2) is 5.82 Å². The number of nitrogen functional groups attached to an aromatic ring is 1. The van der Waals surface area contributed by atoms with Crippen molar-refractivity contribution in [2.45, 2.75) is 24.5 Å². The molecule has 0 aliphatic carbocycles. The molecule has 0 unspecified atom stereocenters. The maximum absolute atomic E-state index is 9.46. The zero-order chi connectivity index (χ0) is 9.90. The number of rotatable bonds is 3. The van der Waals surface area contributed by atoms with Crippen molar-refractivity contribution in [1.29, 1.82) is 0 Å². The summed E-state index contributed by atoms with van der Waals surface area (Å²) in [7, 11) is 0. The molecule has 0 aliphatic heterocycles. The van der Waals surface area contributed by atoms with Crippen LogP contribution in [-0.4, -0.2) is 26.4 Å². The fourth-order valence-electron chi connectivity index (χ4n) is 0.692. The Morgan fingerprint density at radius 2 is 2.08 bits per heavy atom. The van der Waals surface area contributed by atoms with Gasteiger partial charge in [0.1, 0.15) is 5.03 Å². The lowest BCUT2D eigenvalue weighted by Gasteiger charge is -2.15. The van der Waals surface area contributed by atoms with Gasteiger partial charge in [-0.2, -0.15) is 0 Å². The maximum atomic E-state index is 9.46. The minimum Gasteiger partial charge on any atom is -0.390 e. The van der Waals surface area contributed by atoms with Crippen molar-refractivity contribution in [1.82, 2.24) is 9.97 Å². The molecule has 1 aromatic rings. The molecule has 1 aromatic heterocycles. The average molecular weight is 199 g/mol. The van der Waals surface area contributed by atoms with E-state index in [1.54, 1.807) is 26.2 Å². The van der Waals surface area contributed by atoms with Crippen LogP contribution < -0.4 is 5.73 Å². The third kappa shape index (κ3) is 3.61. The fourth-order valence-corrected chi connectivity index (χ4v) is 1.52. The molecular formula is C8H13N3OS. The molecule has 13 heavy (non-hydrogen) atoms. The Kier molecular flexibility index (Phi) is 3.11. The highest BCUT2D eigenvalue weighted by Crippen LogP contribution is 2.23. The van der Waals surface area contributed by atoms with Crippen molar-refractivity contribution in [3.63, 3.8) is 0 Å². The van der Waals surface area contributed by atoms with Crippen molar-refractivity contribution in [3.05, 3.63) is 12.4 Å². The van der Waals surface area contributed by atoms with E-state index >= 15 is 0 Å². The van der Waals surface area contributed by atoms with Crippen LogP contribution in [0.15, 0.2) is 17.4 Å². The first-order valence-corrected chi connectivity index (χ1v) is 4.89. The predicted molar refractivity (Wildman–Crippen MR) is 53.5 cm³/mol. The number of thioether (sulfide) groups is 1. The lowest BCUT2D eigenvalue weighted by atomic mass is 10.2. The molecule has 0 atom stereocenters. The Balaban J connectivity index is 2.60. The van der Waals surface area contributed by atoms with E-state index < -0.39 is 5.60 Å². The molecule has 3 N–H and O–H groups in total. The highest BCUT2D eigenvalue weighted by atomic mass is 32.2. The Labute approximate surface area is 81.6 Å². The van der Waals surface area contributed by atoms with Crippen LogP contribution in [0, 0.1) is 0 Å². The molecule has 4 nitrogen and oxygen atoms in total. The van der Waals surface area contributed by atoms with Crippen LogP contribution >= 0.6 is 11.8 Å². The molecule has 72 valence electrons. The summed E-state index contributed by atoms with van der Waals surface area (Å²) in [6.07, 6.45) is 3.13. The Hall–Kier alpha value is -0.810. The first-order chi connectivity index (χ1) is 5.99. The Bertz CT molecular complexity index is 285. The first-order valence-electron chi connectivity index (χ1n) is 3.91. The van der Waals surface area contributed by atoms with E-state index in [1.807, 2.05) is 0 Å². The second-order valence-electron chi connectivity index (χ2n) is 3.35. The standard InChI is InChI=1S/C8H13N3OS/c1-8(2,12)5-13-7-6(9)10-3-4-11-7/h3-4,12H,5H2,1-2H3,(H2,9,10). The van der Waals surface area contributed by atoms with Crippen LogP contribution in [0.4, 0.5) is 5.82 Å². The third-order valence-electron chi connectivity index (χ3n) is 1.25. The third-order valence-corrected chi connectivity index (χ3v) is 2.69. The molecule has 0 radical (unpaired) electrons. The number of nitrogens with two attached hydrogens (primary N) is 1. The second kappa shape index (κ2) is 3.93. The monoisotopic (exact) mass is 199 g/mol. The molecule has 1 rings (SSSR count). The average Bonchev–Trinajstić information content (AvgIpc) is 2.01. The summed E-state index contributed by atoms with van der Waals surface area (Å²) in [5.74, 6) is 0.965. The highest BCUT2D eigenvalue weighted by Gasteiger charge is 2.14. The van der Waals surface area contributed by atoms with E-state index in [0.717, 1.165) is 0 Å². The van der Waals surface area contributed by atoms with Gasteiger partial charge in [-0.1, -0.05) is 11.8 Å². The molecule has 0 aliphatic rings. The predicted octanol–water partition coefficient (Wildman–Crippen LogP) is 0.922. The van der Waals surface area contributed by atoms with E-state index in [2.05, 4.69) is 9.97 Å². The molecule has 0 saturated carbocycles. The van der Waals surface area contributed by atoms with Crippen LogP contribution in [0.2, 0.25) is 0 Å². The smallest absolute Gasteiger partial charge is 0.156 e. The summed E-state index contributed by atoms with van der Waals surface area (Å²) < 4.78 is 0. The first kappa shape index (κ1) is 10.3. The molecule has 0 saturated heterocycles. The van der Waals surface area contributed by atoms with E-state index in [9.17, 15) is 5.11 Å². The van der Waals surface area contributed by atoms with Crippen LogP contribution in [0.25, 0.3) is 0 Å². The molecule has 0 aromatic carbocycles. The van der Waals surface area contributed by atoms with Gasteiger partial charge in [0.05, 0.1) is 5.60 Å². The van der Waals surface area contributed by atoms with E-state index in [-0.39, 0.29) is 0 Å². The van der Waals surface area contributed by atoms with E-state index in [1.165, 1.54) is 11.8 Å². The van der Waals surface area contributed by atoms with Crippen LogP contribution in [0.1, 0.15) is 13.8 Å². The van der Waals surface area contributed by atoms with Crippen molar-refractivity contribution in [3.8, 4) is 0 Å². The van der Waals surface area contributed by atoms with Crippen LogP contribution in [0.3, 0.4) is 0 Å². The van der Waals surface area contributed by atoms with Crippen LogP contribution in [-0.2, 0) is 0 Å². The highest BCUT2D eigenvalue weighted by molar-refractivity contribution is 7.99. The summed E-state index contributed by atoms with van der Waals surface area (Å²) in [6, 6.07) is 0. The normalized spacial score (nSPS) is 11.6. The van der Waals surface area contributed by atoms with E-state index in [0.29, 0.717) is 16.6 Å². The SMILES string of the molecule is CC(C)(O)CSc1nccnc1N. The summed E-state index contributed by atoms with van der Waals surface area (Å²) in [5.41, 5.74) is 4.86. The number of hydrogen-bond donors (Lipinski definition) is 2. The van der Waals surface area contributed by atoms with Gasteiger partial charge in [0.25, 0.3) is 0 Å². The lowest BCUT2D eigenvalue weighted by Crippen LogP contribution is -2.21. The van der Waals surface area contributed by atoms with Gasteiger partial charge in [-0.3, -0.25) is 0 Å². The fraction of sp³-hybridized carbons (Fsp3) is 0.500. The molecule has 0 spiro atoms. The summed E-state index contributed by atoms with van der Waals surface area (Å²) in [4.78, 5) is 7.94. The molecule has 0 fully saturated rings. The van der Waals surface area contributed by atoms with Crippen molar-refractivity contribution < 1.29 is 5.11 Å². The Morgan fingerprint density at radius 1 is 1.46 bits per heavy atom. The number of nitrogens with zero attached hydrogens (tertiary/aromatic N) is 2. The van der Waals surface area contributed by atoms with Gasteiger partial charge in [0.2, 0.25) is 0 Å². The quantitative estimate of drug-likeness (QED) is 0.708. The van der Waals surface area contributed by atoms with Gasteiger partial charge in [-0.05, 0) is 13.8 Å². The topological polar surface area (TPSA) is 72.0 Å². The number of hydrogen-bond acceptors (Lipinski definition) is 5. The summed E-state index contributed by atoms with van der Waals surface area (Å²) in [5, 5.41) is 10.1. The second-order valence-corrected chi connectivity index (χ2v) is 4.31. The minimum absolute atomic E-state index is 0.414. The number of aliphatic hydroxyl groups is 1. The Morgan fingerprint density at radius 3 is 2.62 bits per heavy atom. The zero-order valence-corrected chi connectivity index (χ0v) is 8.51. The van der Waals surface area contributed by atoms with Gasteiger partial charge in [-0.25, -0.2) is 9.97 Å². The van der Waals surface area contributed by atoms with E-state index in [4.69, 9.17) is 5.73 Å². The molecule has 0 amide bonds. The van der Waals surface area contributed by atoms with Crippen molar-refractivity contribution in [2.24, 2.45) is 0 Å². The molecule has 5 heteroatoms. The van der Waals surface area contributed by atoms with Crippen LogP contribution in [0.5, 0.6) is 0 Å². The largest absolute Gasteiger partial charge is 0.390 e. The lowest BCUT2D eigenvalue weighted by molar-refractivity contribution is 0.107. The van der Waals surface area contributed by atoms with Gasteiger partial charge < -0.3 is 10.8 Å². The van der Waals surface area contributed by atoms with Crippen molar-refractivity contribution in [2.75, 3.05) is 11.5 Å². The molecule has 0 bridgehead atoms. The zero-order valence-electron chi connectivity index (χ0n) is 7.69. The van der Waals surface area contributed by atoms with Gasteiger partial charge >= 0.3 is 0 Å². The van der Waals surface area contributed by atoms with Crippen molar-refractivity contribution >= 4 is 17.6 Å². The molecule has 1 heterocycles. The molecular weight excluding hydrogens is 186 g/mol. The number of anilines is 1. The van der Waals surface area contributed by atoms with Gasteiger partial charge in [0, 0.05) is 18.1 Å². The number of aromatic nitrogens is 2. The summed E-state index contributed by atoms with van der Waals surface area (Å²) in [6.45, 7) is 3.49.